The molecule has 3 nitrogen and oxygen atoms in total. The van der Waals surface area contributed by atoms with Gasteiger partial charge >= 0.3 is 0 Å². The largest absolute Gasteiger partial charge is 0.497 e. The number of halogens is 2. The second kappa shape index (κ2) is 6.17. The third kappa shape index (κ3) is 3.78. The monoisotopic (exact) mass is 341 g/mol. The van der Waals surface area contributed by atoms with Gasteiger partial charge in [0.05, 0.1) is 12.1 Å². The molecule has 0 saturated heterocycles. The standard InChI is InChI=1S/C14H13BrClNO2/c1-18-12-5-9(4-11(17)7-12)8-19-14-6-10(15)2-3-13(14)16/h2-7H,8,17H2,1H3. The van der Waals surface area contributed by atoms with Gasteiger partial charge in [0.25, 0.3) is 0 Å². The number of rotatable bonds is 4. The van der Waals surface area contributed by atoms with E-state index in [-0.39, 0.29) is 0 Å². The fourth-order valence-corrected chi connectivity index (χ4v) is 2.15. The Morgan fingerprint density at radius 3 is 2.74 bits per heavy atom. The van der Waals surface area contributed by atoms with Crippen LogP contribution in [0.15, 0.2) is 40.9 Å². The van der Waals surface area contributed by atoms with Crippen molar-refractivity contribution in [2.24, 2.45) is 0 Å². The molecule has 0 aromatic heterocycles. The highest BCUT2D eigenvalue weighted by Crippen LogP contribution is 2.29. The van der Waals surface area contributed by atoms with E-state index in [1.807, 2.05) is 24.3 Å². The lowest BCUT2D eigenvalue weighted by Crippen LogP contribution is -1.98. The summed E-state index contributed by atoms with van der Waals surface area (Å²) in [5.41, 5.74) is 7.35. The van der Waals surface area contributed by atoms with Gasteiger partial charge in [0, 0.05) is 16.2 Å². The molecule has 5 heteroatoms. The Bertz CT molecular complexity index is 590. The van der Waals surface area contributed by atoms with Gasteiger partial charge in [-0.05, 0) is 35.9 Å². The van der Waals surface area contributed by atoms with Crippen LogP contribution >= 0.6 is 27.5 Å². The predicted octanol–water partition coefficient (Wildman–Crippen LogP) is 4.27. The zero-order valence-corrected chi connectivity index (χ0v) is 12.7. The van der Waals surface area contributed by atoms with Crippen LogP contribution in [-0.2, 0) is 6.61 Å². The molecule has 0 bridgehead atoms. The first-order chi connectivity index (χ1) is 9.08. The fourth-order valence-electron chi connectivity index (χ4n) is 1.64. The van der Waals surface area contributed by atoms with Crippen molar-refractivity contribution in [3.8, 4) is 11.5 Å². The van der Waals surface area contributed by atoms with Gasteiger partial charge in [-0.1, -0.05) is 27.5 Å². The minimum Gasteiger partial charge on any atom is -0.497 e. The van der Waals surface area contributed by atoms with E-state index >= 15 is 0 Å². The first-order valence-corrected chi connectivity index (χ1v) is 6.77. The van der Waals surface area contributed by atoms with Crippen molar-refractivity contribution in [1.29, 1.82) is 0 Å². The van der Waals surface area contributed by atoms with Crippen molar-refractivity contribution in [2.45, 2.75) is 6.61 Å². The maximum absolute atomic E-state index is 6.06. The van der Waals surface area contributed by atoms with Gasteiger partial charge in [0.2, 0.25) is 0 Å². The normalized spacial score (nSPS) is 10.3. The molecule has 0 radical (unpaired) electrons. The number of methoxy groups -OCH3 is 1. The molecular formula is C14H13BrClNO2. The highest BCUT2D eigenvalue weighted by Gasteiger charge is 2.04. The molecule has 2 aromatic rings. The van der Waals surface area contributed by atoms with Crippen LogP contribution in [0.1, 0.15) is 5.56 Å². The second-order valence-corrected chi connectivity index (χ2v) is 5.30. The average Bonchev–Trinajstić information content (AvgIpc) is 2.39. The van der Waals surface area contributed by atoms with Crippen molar-refractivity contribution in [2.75, 3.05) is 12.8 Å². The Balaban J connectivity index is 2.14. The predicted molar refractivity (Wildman–Crippen MR) is 80.9 cm³/mol. The number of ether oxygens (including phenoxy) is 2. The number of hydrogen-bond donors (Lipinski definition) is 1. The summed E-state index contributed by atoms with van der Waals surface area (Å²) in [5, 5.41) is 0.569. The lowest BCUT2D eigenvalue weighted by atomic mass is 10.2. The highest BCUT2D eigenvalue weighted by molar-refractivity contribution is 9.10. The lowest BCUT2D eigenvalue weighted by molar-refractivity contribution is 0.305. The molecule has 2 rings (SSSR count). The Labute approximate surface area is 125 Å². The molecule has 0 unspecified atom stereocenters. The Morgan fingerprint density at radius 1 is 1.21 bits per heavy atom. The zero-order valence-electron chi connectivity index (χ0n) is 10.3. The molecule has 100 valence electrons. The summed E-state index contributed by atoms with van der Waals surface area (Å²) in [5.74, 6) is 1.33. The first kappa shape index (κ1) is 14.0. The van der Waals surface area contributed by atoms with Crippen molar-refractivity contribution in [1.82, 2.24) is 0 Å². The lowest BCUT2D eigenvalue weighted by Gasteiger charge is -2.10. The van der Waals surface area contributed by atoms with Gasteiger partial charge in [0.15, 0.2) is 0 Å². The van der Waals surface area contributed by atoms with E-state index in [1.54, 1.807) is 19.2 Å². The Kier molecular flexibility index (Phi) is 4.56. The van der Waals surface area contributed by atoms with Gasteiger partial charge < -0.3 is 15.2 Å². The van der Waals surface area contributed by atoms with E-state index in [1.165, 1.54) is 0 Å². The summed E-state index contributed by atoms with van der Waals surface area (Å²) in [6.07, 6.45) is 0. The molecule has 0 spiro atoms. The summed E-state index contributed by atoms with van der Waals surface area (Å²) < 4.78 is 11.8. The quantitative estimate of drug-likeness (QED) is 0.844. The average molecular weight is 343 g/mol. The topological polar surface area (TPSA) is 44.5 Å². The molecular weight excluding hydrogens is 330 g/mol. The van der Waals surface area contributed by atoms with Crippen molar-refractivity contribution < 1.29 is 9.47 Å². The molecule has 0 saturated carbocycles. The highest BCUT2D eigenvalue weighted by atomic mass is 79.9. The van der Waals surface area contributed by atoms with Crippen LogP contribution in [0.4, 0.5) is 5.69 Å². The van der Waals surface area contributed by atoms with Crippen molar-refractivity contribution >= 4 is 33.2 Å². The van der Waals surface area contributed by atoms with Crippen molar-refractivity contribution in [3.63, 3.8) is 0 Å². The molecule has 0 heterocycles. The van der Waals surface area contributed by atoms with E-state index in [2.05, 4.69) is 15.9 Å². The maximum Gasteiger partial charge on any atom is 0.139 e. The molecule has 19 heavy (non-hydrogen) atoms. The molecule has 0 amide bonds. The van der Waals surface area contributed by atoms with Crippen LogP contribution < -0.4 is 15.2 Å². The van der Waals surface area contributed by atoms with E-state index in [9.17, 15) is 0 Å². The number of nitrogen functional groups attached to an aromatic ring is 1. The molecule has 0 fully saturated rings. The SMILES string of the molecule is COc1cc(N)cc(COc2cc(Br)ccc2Cl)c1. The van der Waals surface area contributed by atoms with E-state index in [0.717, 1.165) is 10.0 Å². The van der Waals surface area contributed by atoms with Gasteiger partial charge in [-0.15, -0.1) is 0 Å². The van der Waals surface area contributed by atoms with Gasteiger partial charge in [-0.25, -0.2) is 0 Å². The minimum absolute atomic E-state index is 0.373. The van der Waals surface area contributed by atoms with Crippen LogP contribution in [-0.4, -0.2) is 7.11 Å². The number of hydrogen-bond acceptors (Lipinski definition) is 3. The molecule has 0 aliphatic carbocycles. The number of nitrogens with two attached hydrogens (primary N) is 1. The van der Waals surface area contributed by atoms with Crippen LogP contribution in [0.25, 0.3) is 0 Å². The van der Waals surface area contributed by atoms with Crippen LogP contribution in [0.3, 0.4) is 0 Å². The van der Waals surface area contributed by atoms with E-state index in [4.69, 9.17) is 26.8 Å². The van der Waals surface area contributed by atoms with Crippen LogP contribution in [0, 0.1) is 0 Å². The molecule has 0 aliphatic rings. The van der Waals surface area contributed by atoms with Gasteiger partial charge in [-0.3, -0.25) is 0 Å². The summed E-state index contributed by atoms with van der Waals surface area (Å²) in [6, 6.07) is 10.9. The van der Waals surface area contributed by atoms with Crippen LogP contribution in [0.5, 0.6) is 11.5 Å². The van der Waals surface area contributed by atoms with E-state index < -0.39 is 0 Å². The van der Waals surface area contributed by atoms with Gasteiger partial charge in [0.1, 0.15) is 18.1 Å². The Morgan fingerprint density at radius 2 is 2.00 bits per heavy atom. The smallest absolute Gasteiger partial charge is 0.139 e. The Hall–Kier alpha value is -1.39. The summed E-state index contributed by atoms with van der Waals surface area (Å²) >= 11 is 9.44. The fraction of sp³-hybridized carbons (Fsp3) is 0.143. The third-order valence-corrected chi connectivity index (χ3v) is 3.32. The number of anilines is 1. The van der Waals surface area contributed by atoms with Gasteiger partial charge in [-0.2, -0.15) is 0 Å². The number of benzene rings is 2. The zero-order chi connectivity index (χ0) is 13.8. The van der Waals surface area contributed by atoms with Crippen LogP contribution in [0.2, 0.25) is 5.02 Å². The summed E-state index contributed by atoms with van der Waals surface area (Å²) in [4.78, 5) is 0. The summed E-state index contributed by atoms with van der Waals surface area (Å²) in [6.45, 7) is 0.373. The minimum atomic E-state index is 0.373. The maximum atomic E-state index is 6.06. The van der Waals surface area contributed by atoms with E-state index in [0.29, 0.717) is 28.8 Å². The third-order valence-electron chi connectivity index (χ3n) is 2.51. The molecule has 2 aromatic carbocycles. The summed E-state index contributed by atoms with van der Waals surface area (Å²) in [7, 11) is 1.60. The first-order valence-electron chi connectivity index (χ1n) is 5.60. The molecule has 0 atom stereocenters. The molecule has 2 N–H and O–H groups in total. The molecule has 0 aliphatic heterocycles. The second-order valence-electron chi connectivity index (χ2n) is 3.98. The van der Waals surface area contributed by atoms with Crippen molar-refractivity contribution in [3.05, 3.63) is 51.5 Å².